The smallest absolute Gasteiger partial charge is 0.350 e. The monoisotopic (exact) mass is 484 g/mol. The Morgan fingerprint density at radius 2 is 1.87 bits per heavy atom. The van der Waals surface area contributed by atoms with Crippen LogP contribution in [-0.2, 0) is 26.1 Å². The predicted octanol–water partition coefficient (Wildman–Crippen LogP) is 3.05. The highest BCUT2D eigenvalue weighted by atomic mass is 32.2. The lowest BCUT2D eigenvalue weighted by Gasteiger charge is -2.25. The number of esters is 1. The fraction of sp³-hybridized carbons (Fsp3) is 0.450. The van der Waals surface area contributed by atoms with Gasteiger partial charge in [-0.05, 0) is 43.3 Å². The summed E-state index contributed by atoms with van der Waals surface area (Å²) >= 11 is 2.19. The van der Waals surface area contributed by atoms with Crippen molar-refractivity contribution in [3.05, 3.63) is 38.2 Å². The Balaban J connectivity index is 1.69. The molecule has 1 N–H and O–H groups in total. The fourth-order valence-corrected chi connectivity index (χ4v) is 6.93. The van der Waals surface area contributed by atoms with E-state index in [4.69, 9.17) is 4.74 Å². The van der Waals surface area contributed by atoms with Crippen molar-refractivity contribution in [2.75, 3.05) is 13.1 Å². The van der Waals surface area contributed by atoms with E-state index in [2.05, 4.69) is 5.32 Å². The summed E-state index contributed by atoms with van der Waals surface area (Å²) < 4.78 is 32.6. The summed E-state index contributed by atoms with van der Waals surface area (Å²) in [7, 11) is -3.79. The van der Waals surface area contributed by atoms with Crippen LogP contribution in [0, 0.1) is 0 Å². The zero-order valence-corrected chi connectivity index (χ0v) is 19.7. The van der Waals surface area contributed by atoms with Gasteiger partial charge < -0.3 is 10.1 Å². The summed E-state index contributed by atoms with van der Waals surface area (Å²) in [5, 5.41) is 4.19. The first-order valence-corrected chi connectivity index (χ1v) is 13.0. The maximum absolute atomic E-state index is 13.0. The summed E-state index contributed by atoms with van der Waals surface area (Å²) in [5.41, 5.74) is 0. The number of carbonyl (C=O) groups is 3. The Kier molecular flexibility index (Phi) is 7.63. The molecule has 8 nitrogen and oxygen atoms in total. The van der Waals surface area contributed by atoms with Gasteiger partial charge in [0.15, 0.2) is 6.10 Å². The number of rotatable bonds is 8. The van der Waals surface area contributed by atoms with Crippen molar-refractivity contribution in [3.8, 4) is 0 Å². The van der Waals surface area contributed by atoms with Crippen molar-refractivity contribution in [1.29, 1.82) is 0 Å². The van der Waals surface area contributed by atoms with Gasteiger partial charge in [0, 0.05) is 24.9 Å². The van der Waals surface area contributed by atoms with E-state index in [1.807, 2.05) is 0 Å². The van der Waals surface area contributed by atoms with Crippen LogP contribution in [-0.4, -0.2) is 49.6 Å². The third-order valence-corrected chi connectivity index (χ3v) is 8.88. The molecular formula is C20H24N2O6S3. The normalized spacial score (nSPS) is 15.9. The number of ketones is 1. The molecule has 2 aromatic rings. The van der Waals surface area contributed by atoms with Crippen LogP contribution in [0.1, 0.15) is 57.3 Å². The highest BCUT2D eigenvalue weighted by molar-refractivity contribution is 7.89. The van der Waals surface area contributed by atoms with Gasteiger partial charge in [-0.2, -0.15) is 4.31 Å². The second-order valence-electron chi connectivity index (χ2n) is 7.17. The second-order valence-corrected chi connectivity index (χ2v) is 11.2. The van der Waals surface area contributed by atoms with Crippen molar-refractivity contribution in [2.24, 2.45) is 0 Å². The zero-order valence-electron chi connectivity index (χ0n) is 17.3. The van der Waals surface area contributed by atoms with Gasteiger partial charge in [0.25, 0.3) is 0 Å². The Morgan fingerprint density at radius 1 is 1.16 bits per heavy atom. The number of carbonyl (C=O) groups excluding carboxylic acids is 3. The Morgan fingerprint density at radius 3 is 2.55 bits per heavy atom. The molecule has 0 aromatic carbocycles. The maximum Gasteiger partial charge on any atom is 0.350 e. The molecule has 1 aliphatic rings. The van der Waals surface area contributed by atoms with Crippen LogP contribution in [0.4, 0.5) is 0 Å². The number of sulfonamides is 1. The Hall–Kier alpha value is -2.08. The fourth-order valence-electron chi connectivity index (χ4n) is 3.18. The minimum absolute atomic E-state index is 0.0252. The van der Waals surface area contributed by atoms with E-state index in [0.29, 0.717) is 24.5 Å². The van der Waals surface area contributed by atoms with E-state index in [0.717, 1.165) is 35.5 Å². The molecule has 1 fully saturated rings. The molecule has 0 spiro atoms. The lowest BCUT2D eigenvalue weighted by molar-refractivity contribution is -0.119. The highest BCUT2D eigenvalue weighted by Gasteiger charge is 2.32. The van der Waals surface area contributed by atoms with Crippen LogP contribution < -0.4 is 5.32 Å². The Bertz CT molecular complexity index is 1070. The summed E-state index contributed by atoms with van der Waals surface area (Å²) in [6, 6.07) is 4.75. The van der Waals surface area contributed by atoms with Crippen LogP contribution in [0.5, 0.6) is 0 Å². The van der Waals surface area contributed by atoms with Crippen LogP contribution in [0.3, 0.4) is 0 Å². The van der Waals surface area contributed by atoms with Crippen LogP contribution in [0.2, 0.25) is 0 Å². The molecule has 3 heterocycles. The molecule has 1 amide bonds. The van der Waals surface area contributed by atoms with Crippen molar-refractivity contribution in [1.82, 2.24) is 9.62 Å². The van der Waals surface area contributed by atoms with Crippen LogP contribution >= 0.6 is 22.7 Å². The molecule has 3 rings (SSSR count). The van der Waals surface area contributed by atoms with Gasteiger partial charge in [0.2, 0.25) is 21.7 Å². The lowest BCUT2D eigenvalue weighted by Crippen LogP contribution is -2.36. The van der Waals surface area contributed by atoms with Crippen molar-refractivity contribution < 1.29 is 27.5 Å². The van der Waals surface area contributed by atoms with Gasteiger partial charge in [-0.25, -0.2) is 13.2 Å². The molecular weight excluding hydrogens is 460 g/mol. The van der Waals surface area contributed by atoms with E-state index in [-0.39, 0.29) is 21.5 Å². The summed E-state index contributed by atoms with van der Waals surface area (Å²) in [5.74, 6) is -1.39. The SMILES string of the molecule is CC(=O)NCc1ccc(C(=O)C(C)OC(=O)c2sccc2S(=O)(=O)N2CCCCC2)s1. The van der Waals surface area contributed by atoms with E-state index >= 15 is 0 Å². The minimum Gasteiger partial charge on any atom is -0.450 e. The van der Waals surface area contributed by atoms with E-state index in [1.165, 1.54) is 40.9 Å². The molecule has 31 heavy (non-hydrogen) atoms. The van der Waals surface area contributed by atoms with E-state index in [1.54, 1.807) is 12.1 Å². The third-order valence-electron chi connectivity index (χ3n) is 4.82. The number of thiophene rings is 2. The van der Waals surface area contributed by atoms with Crippen LogP contribution in [0.25, 0.3) is 0 Å². The van der Waals surface area contributed by atoms with Gasteiger partial charge >= 0.3 is 5.97 Å². The molecule has 0 bridgehead atoms. The first-order chi connectivity index (χ1) is 14.7. The van der Waals surface area contributed by atoms with Crippen molar-refractivity contribution in [2.45, 2.75) is 50.7 Å². The lowest BCUT2D eigenvalue weighted by atomic mass is 10.2. The summed E-state index contributed by atoms with van der Waals surface area (Å²) in [6.07, 6.45) is 1.49. The molecule has 168 valence electrons. The average Bonchev–Trinajstić information content (AvgIpc) is 3.42. The first-order valence-electron chi connectivity index (χ1n) is 9.86. The predicted molar refractivity (Wildman–Crippen MR) is 118 cm³/mol. The number of piperidine rings is 1. The molecule has 0 aliphatic carbocycles. The van der Waals surface area contributed by atoms with Crippen molar-refractivity contribution >= 4 is 50.4 Å². The van der Waals surface area contributed by atoms with Gasteiger partial charge in [0.05, 0.1) is 11.4 Å². The number of hydrogen-bond acceptors (Lipinski definition) is 8. The topological polar surface area (TPSA) is 110 Å². The van der Waals surface area contributed by atoms with Crippen LogP contribution in [0.15, 0.2) is 28.5 Å². The van der Waals surface area contributed by atoms with Gasteiger partial charge in [-0.15, -0.1) is 22.7 Å². The number of nitrogens with zero attached hydrogens (tertiary/aromatic N) is 1. The molecule has 1 atom stereocenters. The van der Waals surface area contributed by atoms with Gasteiger partial charge in [0.1, 0.15) is 9.77 Å². The number of Topliss-reactive ketones (excluding diaryl/α,β-unsaturated/α-hetero) is 1. The summed E-state index contributed by atoms with van der Waals surface area (Å²) in [6.45, 7) is 4.04. The molecule has 1 aliphatic heterocycles. The molecule has 2 aromatic heterocycles. The maximum atomic E-state index is 13.0. The molecule has 1 saturated heterocycles. The number of amides is 1. The highest BCUT2D eigenvalue weighted by Crippen LogP contribution is 2.28. The largest absolute Gasteiger partial charge is 0.450 e. The number of hydrogen-bond donors (Lipinski definition) is 1. The molecule has 0 saturated carbocycles. The Labute approximate surface area is 189 Å². The average molecular weight is 485 g/mol. The van der Waals surface area contributed by atoms with E-state index in [9.17, 15) is 22.8 Å². The van der Waals surface area contributed by atoms with Gasteiger partial charge in [-0.3, -0.25) is 9.59 Å². The van der Waals surface area contributed by atoms with Crippen molar-refractivity contribution in [3.63, 3.8) is 0 Å². The molecule has 11 heteroatoms. The first kappa shape index (κ1) is 23.6. The third kappa shape index (κ3) is 5.59. The minimum atomic E-state index is -3.79. The number of ether oxygens (including phenoxy) is 1. The standard InChI is InChI=1S/C20H24N2O6S3/c1-13(18(24)16-7-6-15(30-16)12-21-14(2)23)28-20(25)19-17(8-11-29-19)31(26,27)22-9-4-3-5-10-22/h6-8,11,13H,3-5,9-10,12H2,1-2H3,(H,21,23). The zero-order chi connectivity index (χ0) is 22.6. The molecule has 1 unspecified atom stereocenters. The van der Waals surface area contributed by atoms with Gasteiger partial charge in [-0.1, -0.05) is 6.42 Å². The second kappa shape index (κ2) is 10.0. The van der Waals surface area contributed by atoms with E-state index < -0.39 is 22.1 Å². The summed E-state index contributed by atoms with van der Waals surface area (Å²) in [4.78, 5) is 37.5. The quantitative estimate of drug-likeness (QED) is 0.456. The number of nitrogens with one attached hydrogen (secondary N) is 1. The molecule has 0 radical (unpaired) electrons.